The minimum absolute atomic E-state index is 0.184. The van der Waals surface area contributed by atoms with Gasteiger partial charge >= 0.3 is 12.1 Å². The van der Waals surface area contributed by atoms with Gasteiger partial charge in [0.2, 0.25) is 5.91 Å². The molecule has 0 spiro atoms. The van der Waals surface area contributed by atoms with Gasteiger partial charge in [0.1, 0.15) is 0 Å². The molecule has 0 bridgehead atoms. The summed E-state index contributed by atoms with van der Waals surface area (Å²) in [7, 11) is 0. The number of fused-ring (bicyclic) bond motifs is 1. The lowest BCUT2D eigenvalue weighted by atomic mass is 10.1. The van der Waals surface area contributed by atoms with Crippen molar-refractivity contribution in [3.63, 3.8) is 0 Å². The molecule has 3 saturated carbocycles. The molecule has 0 unspecified atom stereocenters. The van der Waals surface area contributed by atoms with Crippen molar-refractivity contribution in [2.45, 2.75) is 56.8 Å². The topological polar surface area (TPSA) is 78.9 Å². The van der Waals surface area contributed by atoms with Crippen molar-refractivity contribution < 1.29 is 32.6 Å². The number of carboxylic acid groups (broad SMARTS) is 1. The van der Waals surface area contributed by atoms with E-state index in [1.54, 1.807) is 0 Å². The molecule has 1 saturated heterocycles. The Morgan fingerprint density at radius 3 is 2.30 bits per heavy atom. The summed E-state index contributed by atoms with van der Waals surface area (Å²) in [5, 5.41) is 10.3. The summed E-state index contributed by atoms with van der Waals surface area (Å²) in [5.74, 6) is -0.598. The normalized spacial score (nSPS) is 30.9. The number of nitrogens with zero attached hydrogens (tertiary/aromatic N) is 1. The first-order valence-electron chi connectivity index (χ1n) is 9.67. The first-order valence-corrected chi connectivity index (χ1v) is 9.67. The molecule has 6 nitrogen and oxygen atoms in total. The minimum Gasteiger partial charge on any atom is -0.475 e. The van der Waals surface area contributed by atoms with Gasteiger partial charge in [-0.05, 0) is 50.4 Å². The Morgan fingerprint density at radius 1 is 1.11 bits per heavy atom. The maximum absolute atomic E-state index is 12.3. The Bertz CT molecular complexity index is 549. The molecule has 1 heterocycles. The summed E-state index contributed by atoms with van der Waals surface area (Å²) >= 11 is 0. The summed E-state index contributed by atoms with van der Waals surface area (Å²) in [6.45, 7) is 4.05. The van der Waals surface area contributed by atoms with Crippen LogP contribution in [-0.2, 0) is 14.3 Å². The fourth-order valence-electron chi connectivity index (χ4n) is 3.81. The van der Waals surface area contributed by atoms with Crippen LogP contribution in [0.4, 0.5) is 13.2 Å². The van der Waals surface area contributed by atoms with Gasteiger partial charge in [-0.1, -0.05) is 0 Å². The van der Waals surface area contributed by atoms with Gasteiger partial charge in [0.15, 0.2) is 0 Å². The third-order valence-corrected chi connectivity index (χ3v) is 5.72. The number of carbonyl (C=O) groups is 2. The number of alkyl halides is 3. The zero-order chi connectivity index (χ0) is 19.6. The number of amides is 1. The van der Waals surface area contributed by atoms with Crippen molar-refractivity contribution in [1.82, 2.24) is 10.2 Å². The van der Waals surface area contributed by atoms with E-state index in [9.17, 15) is 18.0 Å². The molecule has 3 aliphatic carbocycles. The molecule has 0 radical (unpaired) electrons. The van der Waals surface area contributed by atoms with E-state index in [0.29, 0.717) is 12.1 Å². The van der Waals surface area contributed by atoms with Crippen LogP contribution in [0.25, 0.3) is 0 Å². The number of aliphatic carboxylic acids is 1. The average Bonchev–Trinajstić information content (AvgIpc) is 3.52. The summed E-state index contributed by atoms with van der Waals surface area (Å²) in [5.41, 5.74) is 0. The summed E-state index contributed by atoms with van der Waals surface area (Å²) in [6, 6.07) is 0.501. The number of morpholine rings is 1. The second kappa shape index (κ2) is 8.34. The second-order valence-electron chi connectivity index (χ2n) is 8.07. The highest BCUT2D eigenvalue weighted by atomic mass is 19.4. The van der Waals surface area contributed by atoms with E-state index in [0.717, 1.165) is 44.4 Å². The molecule has 1 aliphatic heterocycles. The molecule has 0 aromatic rings. The summed E-state index contributed by atoms with van der Waals surface area (Å²) in [6.07, 6.45) is 2.57. The van der Waals surface area contributed by atoms with Crippen molar-refractivity contribution in [1.29, 1.82) is 0 Å². The lowest BCUT2D eigenvalue weighted by Gasteiger charge is -2.37. The molecular weight excluding hydrogens is 365 g/mol. The smallest absolute Gasteiger partial charge is 0.475 e. The van der Waals surface area contributed by atoms with Crippen LogP contribution in [0.15, 0.2) is 0 Å². The molecule has 27 heavy (non-hydrogen) atoms. The zero-order valence-corrected chi connectivity index (χ0v) is 15.2. The fraction of sp³-hybridized carbons (Fsp3) is 0.889. The molecule has 4 rings (SSSR count). The van der Waals surface area contributed by atoms with Crippen molar-refractivity contribution >= 4 is 11.9 Å². The number of ether oxygens (including phenoxy) is 1. The minimum atomic E-state index is -5.08. The lowest BCUT2D eigenvalue weighted by molar-refractivity contribution is -0.192. The maximum atomic E-state index is 12.3. The quantitative estimate of drug-likeness (QED) is 0.749. The third-order valence-electron chi connectivity index (χ3n) is 5.72. The SMILES string of the molecule is O=C(NCC1CC1)[C@H]1C[C@@H]2[C@@H](C1)OCCN2CC1CC1.O=C(O)C(F)(F)F. The Balaban J connectivity index is 0.000000260. The van der Waals surface area contributed by atoms with Crippen LogP contribution >= 0.6 is 0 Å². The highest BCUT2D eigenvalue weighted by Gasteiger charge is 2.44. The van der Waals surface area contributed by atoms with Crippen LogP contribution in [-0.4, -0.2) is 66.4 Å². The van der Waals surface area contributed by atoms with E-state index in [1.807, 2.05) is 0 Å². The van der Waals surface area contributed by atoms with E-state index in [2.05, 4.69) is 10.2 Å². The average molecular weight is 392 g/mol. The van der Waals surface area contributed by atoms with Gasteiger partial charge < -0.3 is 15.2 Å². The van der Waals surface area contributed by atoms with E-state index in [-0.39, 0.29) is 11.8 Å². The van der Waals surface area contributed by atoms with Crippen molar-refractivity contribution in [3.8, 4) is 0 Å². The summed E-state index contributed by atoms with van der Waals surface area (Å²) < 4.78 is 37.7. The monoisotopic (exact) mass is 392 g/mol. The number of hydrogen-bond acceptors (Lipinski definition) is 4. The highest BCUT2D eigenvalue weighted by Crippen LogP contribution is 2.38. The van der Waals surface area contributed by atoms with E-state index < -0.39 is 12.1 Å². The fourth-order valence-corrected chi connectivity index (χ4v) is 3.81. The van der Waals surface area contributed by atoms with Crippen LogP contribution in [0.5, 0.6) is 0 Å². The molecule has 1 amide bonds. The molecule has 9 heteroatoms. The first-order chi connectivity index (χ1) is 12.7. The van der Waals surface area contributed by atoms with Gasteiger partial charge in [-0.2, -0.15) is 13.2 Å². The molecule has 154 valence electrons. The lowest BCUT2D eigenvalue weighted by Crippen LogP contribution is -2.49. The predicted octanol–water partition coefficient (Wildman–Crippen LogP) is 2.04. The van der Waals surface area contributed by atoms with E-state index in [4.69, 9.17) is 14.6 Å². The summed E-state index contributed by atoms with van der Waals surface area (Å²) in [4.78, 5) is 23.8. The first kappa shape index (κ1) is 20.4. The van der Waals surface area contributed by atoms with E-state index in [1.165, 1.54) is 32.2 Å². The number of nitrogens with one attached hydrogen (secondary N) is 1. The van der Waals surface area contributed by atoms with E-state index >= 15 is 0 Å². The van der Waals surface area contributed by atoms with Crippen LogP contribution < -0.4 is 5.32 Å². The molecule has 3 atom stereocenters. The number of hydrogen-bond donors (Lipinski definition) is 2. The molecule has 0 aromatic carbocycles. The largest absolute Gasteiger partial charge is 0.490 e. The molecule has 4 aliphatic rings. The van der Waals surface area contributed by atoms with Crippen LogP contribution in [0.2, 0.25) is 0 Å². The Hall–Kier alpha value is -1.35. The van der Waals surface area contributed by atoms with Gasteiger partial charge in [0, 0.05) is 31.6 Å². The van der Waals surface area contributed by atoms with Gasteiger partial charge in [0.05, 0.1) is 12.7 Å². The highest BCUT2D eigenvalue weighted by molar-refractivity contribution is 5.79. The van der Waals surface area contributed by atoms with Crippen molar-refractivity contribution in [2.24, 2.45) is 17.8 Å². The standard InChI is InChI=1S/C16H26N2O2.C2HF3O2/c19-16(17-9-11-1-2-11)13-7-14-15(8-13)20-6-5-18(14)10-12-3-4-12;3-2(4,5)1(6)7/h11-15H,1-10H2,(H,17,19);(H,6,7)/t13-,14+,15+;/m0./s1. The molecular formula is C18H27F3N2O4. The number of carbonyl (C=O) groups excluding carboxylic acids is 1. The molecule has 2 N–H and O–H groups in total. The van der Waals surface area contributed by atoms with Gasteiger partial charge in [-0.15, -0.1) is 0 Å². The third kappa shape index (κ3) is 6.07. The maximum Gasteiger partial charge on any atom is 0.490 e. The van der Waals surface area contributed by atoms with Gasteiger partial charge in [-0.3, -0.25) is 9.69 Å². The zero-order valence-electron chi connectivity index (χ0n) is 15.2. The molecule has 4 fully saturated rings. The van der Waals surface area contributed by atoms with Crippen LogP contribution in [0.3, 0.4) is 0 Å². The van der Waals surface area contributed by atoms with Crippen molar-refractivity contribution in [2.75, 3.05) is 26.2 Å². The van der Waals surface area contributed by atoms with Crippen LogP contribution in [0, 0.1) is 17.8 Å². The van der Waals surface area contributed by atoms with Gasteiger partial charge in [-0.25, -0.2) is 4.79 Å². The van der Waals surface area contributed by atoms with Gasteiger partial charge in [0.25, 0.3) is 0 Å². The van der Waals surface area contributed by atoms with Crippen molar-refractivity contribution in [3.05, 3.63) is 0 Å². The Labute approximate surface area is 156 Å². The number of carboxylic acids is 1. The molecule has 0 aromatic heterocycles. The number of rotatable bonds is 5. The second-order valence-corrected chi connectivity index (χ2v) is 8.07. The predicted molar refractivity (Wildman–Crippen MR) is 90.0 cm³/mol. The Morgan fingerprint density at radius 2 is 1.74 bits per heavy atom. The van der Waals surface area contributed by atoms with Crippen LogP contribution in [0.1, 0.15) is 38.5 Å². The Kier molecular flexibility index (Phi) is 6.30. The number of halogens is 3.